The number of nitrogens with one attached hydrogen (secondary N) is 1. The van der Waals surface area contributed by atoms with E-state index in [2.05, 4.69) is 26.0 Å². The summed E-state index contributed by atoms with van der Waals surface area (Å²) in [5.74, 6) is 0.176. The molecule has 2 aromatic carbocycles. The number of aliphatic imine (C=N–C) groups is 1. The Morgan fingerprint density at radius 3 is 2.60 bits per heavy atom. The lowest BCUT2D eigenvalue weighted by molar-refractivity contribution is -0.384. The minimum atomic E-state index is -0.601. The third-order valence-electron chi connectivity index (χ3n) is 4.83. The first-order chi connectivity index (χ1) is 14.1. The number of rotatable bonds is 5. The highest BCUT2D eigenvalue weighted by Gasteiger charge is 2.18. The summed E-state index contributed by atoms with van der Waals surface area (Å²) in [5.41, 5.74) is 3.42. The van der Waals surface area contributed by atoms with Gasteiger partial charge in [-0.3, -0.25) is 25.0 Å². The van der Waals surface area contributed by atoms with Gasteiger partial charge in [0.2, 0.25) is 0 Å². The van der Waals surface area contributed by atoms with Crippen molar-refractivity contribution in [2.45, 2.75) is 20.8 Å². The van der Waals surface area contributed by atoms with Crippen molar-refractivity contribution in [3.05, 3.63) is 76.6 Å². The molecule has 30 heavy (non-hydrogen) atoms. The van der Waals surface area contributed by atoms with Gasteiger partial charge in [0.05, 0.1) is 29.4 Å². The fraction of sp³-hybridized carbons (Fsp3) is 0.200. The number of nitro benzene ring substituents is 1. The minimum Gasteiger partial charge on any atom is -0.494 e. The van der Waals surface area contributed by atoms with E-state index in [-0.39, 0.29) is 27.7 Å². The number of nitro groups is 1. The Kier molecular flexibility index (Phi) is 6.14. The highest BCUT2D eigenvalue weighted by atomic mass is 79.9. The number of hydrogen-bond donors (Lipinski definition) is 1. The number of methoxy groups -OCH3 is 1. The van der Waals surface area contributed by atoms with E-state index in [0.717, 1.165) is 21.3 Å². The molecular formula is C20H18BrClN4O4. The van der Waals surface area contributed by atoms with Crippen molar-refractivity contribution >= 4 is 45.1 Å². The van der Waals surface area contributed by atoms with Crippen LogP contribution in [0.25, 0.3) is 5.69 Å². The fourth-order valence-corrected chi connectivity index (χ4v) is 3.62. The largest absolute Gasteiger partial charge is 0.494 e. The minimum absolute atomic E-state index is 0.0721. The van der Waals surface area contributed by atoms with Gasteiger partial charge >= 0.3 is 0 Å². The highest BCUT2D eigenvalue weighted by molar-refractivity contribution is 9.10. The van der Waals surface area contributed by atoms with E-state index < -0.39 is 4.92 Å². The van der Waals surface area contributed by atoms with Gasteiger partial charge in [0.15, 0.2) is 5.75 Å². The zero-order valence-corrected chi connectivity index (χ0v) is 19.0. The van der Waals surface area contributed by atoms with Crippen LogP contribution < -0.4 is 10.3 Å². The van der Waals surface area contributed by atoms with Crippen LogP contribution in [0.5, 0.6) is 5.75 Å². The van der Waals surface area contributed by atoms with E-state index in [0.29, 0.717) is 11.3 Å². The summed E-state index contributed by atoms with van der Waals surface area (Å²) in [7, 11) is 1.37. The molecule has 8 nitrogen and oxygen atoms in total. The molecule has 1 N–H and O–H groups in total. The average molecular weight is 494 g/mol. The van der Waals surface area contributed by atoms with Crippen LogP contribution in [-0.4, -0.2) is 28.0 Å². The molecule has 0 radical (unpaired) electrons. The molecule has 156 valence electrons. The topological polar surface area (TPSA) is 103 Å². The van der Waals surface area contributed by atoms with Crippen LogP contribution in [0.3, 0.4) is 0 Å². The van der Waals surface area contributed by atoms with Crippen LogP contribution in [0.1, 0.15) is 22.4 Å². The molecular weight excluding hydrogens is 476 g/mol. The number of aromatic nitrogens is 2. The predicted molar refractivity (Wildman–Crippen MR) is 120 cm³/mol. The van der Waals surface area contributed by atoms with Gasteiger partial charge in [-0.1, -0.05) is 27.5 Å². The number of H-pyrrole nitrogens is 1. The molecule has 0 spiro atoms. The summed E-state index contributed by atoms with van der Waals surface area (Å²) in [4.78, 5) is 27.8. The van der Waals surface area contributed by atoms with Gasteiger partial charge in [0.25, 0.3) is 11.2 Å². The van der Waals surface area contributed by atoms with Gasteiger partial charge in [0, 0.05) is 16.4 Å². The normalized spacial score (nSPS) is 11.3. The first kappa shape index (κ1) is 21.8. The lowest BCUT2D eigenvalue weighted by Gasteiger charge is -2.10. The van der Waals surface area contributed by atoms with E-state index in [1.807, 2.05) is 26.0 Å². The monoisotopic (exact) mass is 492 g/mol. The maximum Gasteiger partial charge on any atom is 0.291 e. The maximum atomic E-state index is 13.0. The van der Waals surface area contributed by atoms with Crippen LogP contribution in [-0.2, 0) is 0 Å². The lowest BCUT2D eigenvalue weighted by Crippen LogP contribution is -2.18. The molecule has 0 atom stereocenters. The lowest BCUT2D eigenvalue weighted by atomic mass is 10.1. The van der Waals surface area contributed by atoms with Crippen LogP contribution in [0.2, 0.25) is 5.02 Å². The van der Waals surface area contributed by atoms with Gasteiger partial charge in [-0.2, -0.15) is 0 Å². The molecule has 0 aliphatic heterocycles. The summed E-state index contributed by atoms with van der Waals surface area (Å²) in [6.45, 7) is 5.67. The van der Waals surface area contributed by atoms with Crippen molar-refractivity contribution in [2.24, 2.45) is 4.99 Å². The van der Waals surface area contributed by atoms with E-state index in [1.54, 1.807) is 6.92 Å². The van der Waals surface area contributed by atoms with Crippen molar-refractivity contribution in [3.63, 3.8) is 0 Å². The number of nitrogens with zero attached hydrogens (tertiary/aromatic N) is 3. The molecule has 0 bridgehead atoms. The first-order valence-electron chi connectivity index (χ1n) is 8.79. The fourth-order valence-electron chi connectivity index (χ4n) is 2.97. The molecule has 0 aliphatic carbocycles. The second-order valence-corrected chi connectivity index (χ2v) is 7.86. The average Bonchev–Trinajstić information content (AvgIpc) is 2.98. The van der Waals surface area contributed by atoms with Gasteiger partial charge in [-0.25, -0.2) is 4.68 Å². The van der Waals surface area contributed by atoms with Crippen molar-refractivity contribution in [1.82, 2.24) is 9.78 Å². The van der Waals surface area contributed by atoms with Crippen molar-refractivity contribution < 1.29 is 9.66 Å². The van der Waals surface area contributed by atoms with Crippen LogP contribution in [0, 0.1) is 30.9 Å². The third kappa shape index (κ3) is 3.90. The highest BCUT2D eigenvalue weighted by Crippen LogP contribution is 2.37. The first-order valence-corrected chi connectivity index (χ1v) is 9.96. The zero-order valence-electron chi connectivity index (χ0n) is 16.6. The quantitative estimate of drug-likeness (QED) is 0.301. The van der Waals surface area contributed by atoms with E-state index in [9.17, 15) is 14.9 Å². The predicted octanol–water partition coefficient (Wildman–Crippen LogP) is 5.17. The van der Waals surface area contributed by atoms with Crippen molar-refractivity contribution in [1.29, 1.82) is 0 Å². The molecule has 0 unspecified atom stereocenters. The second kappa shape index (κ2) is 8.45. The van der Waals surface area contributed by atoms with Crippen LogP contribution in [0.15, 0.2) is 38.5 Å². The van der Waals surface area contributed by atoms with Gasteiger partial charge in [0.1, 0.15) is 10.7 Å². The Labute approximate surface area is 185 Å². The van der Waals surface area contributed by atoms with E-state index in [4.69, 9.17) is 16.3 Å². The summed E-state index contributed by atoms with van der Waals surface area (Å²) in [6, 6.07) is 6.27. The summed E-state index contributed by atoms with van der Waals surface area (Å²) in [5, 5.41) is 14.1. The molecule has 0 saturated heterocycles. The van der Waals surface area contributed by atoms with E-state index in [1.165, 1.54) is 30.1 Å². The van der Waals surface area contributed by atoms with Gasteiger partial charge in [-0.05, 0) is 50.1 Å². The number of halogens is 2. The van der Waals surface area contributed by atoms with E-state index >= 15 is 0 Å². The third-order valence-corrected chi connectivity index (χ3v) is 5.99. The second-order valence-electron chi connectivity index (χ2n) is 6.60. The summed E-state index contributed by atoms with van der Waals surface area (Å²) >= 11 is 9.47. The van der Waals surface area contributed by atoms with Crippen molar-refractivity contribution in [2.75, 3.05) is 7.11 Å². The smallest absolute Gasteiger partial charge is 0.291 e. The Hall–Kier alpha value is -2.91. The summed E-state index contributed by atoms with van der Waals surface area (Å²) < 4.78 is 7.61. The molecule has 10 heteroatoms. The molecule has 3 rings (SSSR count). The number of ether oxygens (including phenoxy) is 1. The van der Waals surface area contributed by atoms with Crippen LogP contribution in [0.4, 0.5) is 11.4 Å². The standard InChI is InChI=1S/C20H18BrClN4O4/c1-10-11(2)17(6-5-14(10)21)25-20(27)13(12(3)24-25)9-23-16-7-15(22)18(26(28)29)8-19(16)30-4/h5-9,24H,1-4H3. The molecule has 0 fully saturated rings. The van der Waals surface area contributed by atoms with Gasteiger partial charge < -0.3 is 4.74 Å². The maximum absolute atomic E-state index is 13.0. The number of hydrogen-bond acceptors (Lipinski definition) is 5. The Balaban J connectivity index is 2.07. The van der Waals surface area contributed by atoms with Crippen LogP contribution >= 0.6 is 27.5 Å². The molecule has 0 amide bonds. The number of aryl methyl sites for hydroxylation is 1. The molecule has 0 saturated carbocycles. The van der Waals surface area contributed by atoms with Gasteiger partial charge in [-0.15, -0.1) is 0 Å². The summed E-state index contributed by atoms with van der Waals surface area (Å²) in [6.07, 6.45) is 1.39. The molecule has 3 aromatic rings. The number of benzene rings is 2. The molecule has 1 heterocycles. The number of aromatic amines is 1. The Bertz CT molecular complexity index is 1250. The zero-order chi connectivity index (χ0) is 22.2. The Morgan fingerprint density at radius 1 is 1.27 bits per heavy atom. The molecule has 1 aromatic heterocycles. The molecule has 0 aliphatic rings. The SMILES string of the molecule is COc1cc([N+](=O)[O-])c(Cl)cc1N=Cc1c(C)[nH]n(-c2ccc(Br)c(C)c2C)c1=O. The van der Waals surface area contributed by atoms with Crippen molar-refractivity contribution in [3.8, 4) is 11.4 Å². The Morgan fingerprint density at radius 2 is 1.97 bits per heavy atom.